The molecule has 0 N–H and O–H groups in total. The number of allylic oxidation sites excluding steroid dienone is 1. The van der Waals surface area contributed by atoms with Crippen molar-refractivity contribution in [1.82, 2.24) is 0 Å². The summed E-state index contributed by atoms with van der Waals surface area (Å²) in [5.41, 5.74) is 2.33. The van der Waals surface area contributed by atoms with E-state index < -0.39 is 0 Å². The highest BCUT2D eigenvalue weighted by molar-refractivity contribution is 9.11. The first-order valence-electron chi connectivity index (χ1n) is 8.21. The predicted molar refractivity (Wildman–Crippen MR) is 118 cm³/mol. The van der Waals surface area contributed by atoms with Gasteiger partial charge in [0.15, 0.2) is 0 Å². The fourth-order valence-electron chi connectivity index (χ4n) is 2.57. The van der Waals surface area contributed by atoms with Gasteiger partial charge >= 0.3 is 0 Å². The standard InChI is InChI=1S/C22H13Br2ClFNO/c23-18-10-16(9-17(12-27)14-5-7-19(25)8-6-14)22(20(24)11-18)28-13-15-3-1-2-4-21(15)26/h1-11H,13H2/b17-9+. The smallest absolute Gasteiger partial charge is 0.141 e. The molecule has 0 spiro atoms. The summed E-state index contributed by atoms with van der Waals surface area (Å²) in [6.45, 7) is 0.0660. The third-order valence-electron chi connectivity index (χ3n) is 3.94. The molecule has 0 aromatic heterocycles. The van der Waals surface area contributed by atoms with E-state index in [2.05, 4.69) is 37.9 Å². The molecule has 2 nitrogen and oxygen atoms in total. The van der Waals surface area contributed by atoms with Crippen LogP contribution in [0.25, 0.3) is 11.6 Å². The van der Waals surface area contributed by atoms with Gasteiger partial charge in [0.2, 0.25) is 0 Å². The van der Waals surface area contributed by atoms with Crippen LogP contribution in [-0.4, -0.2) is 0 Å². The Morgan fingerprint density at radius 2 is 1.82 bits per heavy atom. The molecule has 28 heavy (non-hydrogen) atoms. The van der Waals surface area contributed by atoms with Gasteiger partial charge in [0.05, 0.1) is 16.1 Å². The van der Waals surface area contributed by atoms with Crippen LogP contribution in [0, 0.1) is 17.1 Å². The van der Waals surface area contributed by atoms with Crippen molar-refractivity contribution >= 4 is 55.1 Å². The molecule has 0 aliphatic carbocycles. The molecule has 0 aliphatic rings. The average molecular weight is 522 g/mol. The topological polar surface area (TPSA) is 33.0 Å². The minimum Gasteiger partial charge on any atom is -0.487 e. The molecule has 0 fully saturated rings. The van der Waals surface area contributed by atoms with Crippen molar-refractivity contribution in [2.45, 2.75) is 6.61 Å². The molecule has 0 heterocycles. The largest absolute Gasteiger partial charge is 0.487 e. The molecular formula is C22H13Br2ClFNO. The summed E-state index contributed by atoms with van der Waals surface area (Å²) >= 11 is 12.9. The second-order valence-corrected chi connectivity index (χ2v) is 8.07. The molecular weight excluding hydrogens is 509 g/mol. The minimum absolute atomic E-state index is 0.0660. The highest BCUT2D eigenvalue weighted by Gasteiger charge is 2.12. The van der Waals surface area contributed by atoms with Gasteiger partial charge in [0.1, 0.15) is 18.2 Å². The van der Waals surface area contributed by atoms with Gasteiger partial charge < -0.3 is 4.74 Å². The maximum absolute atomic E-state index is 13.9. The Morgan fingerprint density at radius 3 is 2.50 bits per heavy atom. The van der Waals surface area contributed by atoms with E-state index in [1.165, 1.54) is 6.07 Å². The molecule has 3 aromatic carbocycles. The van der Waals surface area contributed by atoms with Crippen molar-refractivity contribution in [3.8, 4) is 11.8 Å². The first kappa shape index (κ1) is 20.6. The van der Waals surface area contributed by atoms with E-state index >= 15 is 0 Å². The van der Waals surface area contributed by atoms with Gasteiger partial charge in [-0.25, -0.2) is 4.39 Å². The second kappa shape index (κ2) is 9.38. The Kier molecular flexibility index (Phi) is 6.90. The third kappa shape index (κ3) is 5.02. The number of benzene rings is 3. The molecule has 3 rings (SSSR count). The zero-order chi connectivity index (χ0) is 20.1. The van der Waals surface area contributed by atoms with Crippen LogP contribution in [0.4, 0.5) is 4.39 Å². The summed E-state index contributed by atoms with van der Waals surface area (Å²) in [5, 5.41) is 10.2. The van der Waals surface area contributed by atoms with Gasteiger partial charge in [0.25, 0.3) is 0 Å². The van der Waals surface area contributed by atoms with E-state index in [1.807, 2.05) is 12.1 Å². The fourth-order valence-corrected chi connectivity index (χ4v) is 4.07. The van der Waals surface area contributed by atoms with Crippen LogP contribution in [0.1, 0.15) is 16.7 Å². The number of rotatable bonds is 5. The maximum Gasteiger partial charge on any atom is 0.141 e. The van der Waals surface area contributed by atoms with E-state index in [0.29, 0.717) is 31.9 Å². The number of halogens is 4. The molecule has 0 atom stereocenters. The van der Waals surface area contributed by atoms with Gasteiger partial charge in [-0.3, -0.25) is 0 Å². The molecule has 0 unspecified atom stereocenters. The summed E-state index contributed by atoms with van der Waals surface area (Å²) in [5.74, 6) is 0.194. The van der Waals surface area contributed by atoms with Crippen molar-refractivity contribution < 1.29 is 9.13 Å². The highest BCUT2D eigenvalue weighted by Crippen LogP contribution is 2.36. The molecule has 6 heteroatoms. The van der Waals surface area contributed by atoms with Crippen molar-refractivity contribution in [3.05, 3.63) is 97.1 Å². The van der Waals surface area contributed by atoms with Gasteiger partial charge in [-0.1, -0.05) is 57.9 Å². The highest BCUT2D eigenvalue weighted by atomic mass is 79.9. The molecule has 140 valence electrons. The average Bonchev–Trinajstić information content (AvgIpc) is 2.67. The molecule has 0 amide bonds. The van der Waals surface area contributed by atoms with E-state index in [1.54, 1.807) is 48.5 Å². The Balaban J connectivity index is 1.99. The van der Waals surface area contributed by atoms with Crippen molar-refractivity contribution in [3.63, 3.8) is 0 Å². The lowest BCUT2D eigenvalue weighted by molar-refractivity contribution is 0.297. The SMILES string of the molecule is N#C/C(=C\c1cc(Br)cc(Br)c1OCc1ccccc1F)c1ccc(Cl)cc1. The fraction of sp³-hybridized carbons (Fsp3) is 0.0455. The first-order chi connectivity index (χ1) is 13.5. The lowest BCUT2D eigenvalue weighted by Crippen LogP contribution is -2.00. The van der Waals surface area contributed by atoms with Crippen LogP contribution in [-0.2, 0) is 6.61 Å². The van der Waals surface area contributed by atoms with Gasteiger partial charge in [-0.05, 0) is 57.9 Å². The Labute approximate surface area is 184 Å². The quantitative estimate of drug-likeness (QED) is 0.255. The molecule has 0 radical (unpaired) electrons. The minimum atomic E-state index is -0.327. The van der Waals surface area contributed by atoms with Crippen molar-refractivity contribution in [2.24, 2.45) is 0 Å². The van der Waals surface area contributed by atoms with Crippen molar-refractivity contribution in [2.75, 3.05) is 0 Å². The van der Waals surface area contributed by atoms with E-state index in [-0.39, 0.29) is 12.4 Å². The van der Waals surface area contributed by atoms with Crippen LogP contribution < -0.4 is 4.74 Å². The zero-order valence-electron chi connectivity index (χ0n) is 14.4. The Bertz CT molecular complexity index is 1070. The lowest BCUT2D eigenvalue weighted by atomic mass is 10.0. The predicted octanol–water partition coefficient (Wildman–Crippen LogP) is 7.65. The van der Waals surface area contributed by atoms with Crippen LogP contribution >= 0.6 is 43.5 Å². The third-order valence-corrected chi connectivity index (χ3v) is 5.24. The number of nitrogens with zero attached hydrogens (tertiary/aromatic N) is 1. The van der Waals surface area contributed by atoms with E-state index in [4.69, 9.17) is 16.3 Å². The van der Waals surface area contributed by atoms with Gasteiger partial charge in [-0.2, -0.15) is 5.26 Å². The molecule has 0 saturated heterocycles. The summed E-state index contributed by atoms with van der Waals surface area (Å²) in [6.07, 6.45) is 1.73. The van der Waals surface area contributed by atoms with Crippen LogP contribution in [0.3, 0.4) is 0 Å². The second-order valence-electron chi connectivity index (χ2n) is 5.86. The molecule has 0 aliphatic heterocycles. The summed E-state index contributed by atoms with van der Waals surface area (Å²) in [6, 6.07) is 19.4. The Morgan fingerprint density at radius 1 is 1.11 bits per heavy atom. The molecule has 0 bridgehead atoms. The summed E-state index contributed by atoms with van der Waals surface area (Å²) in [7, 11) is 0. The summed E-state index contributed by atoms with van der Waals surface area (Å²) in [4.78, 5) is 0. The molecule has 0 saturated carbocycles. The monoisotopic (exact) mass is 519 g/mol. The van der Waals surface area contributed by atoms with Gasteiger partial charge in [0, 0.05) is 20.6 Å². The van der Waals surface area contributed by atoms with Crippen molar-refractivity contribution in [1.29, 1.82) is 5.26 Å². The lowest BCUT2D eigenvalue weighted by Gasteiger charge is -2.13. The maximum atomic E-state index is 13.9. The first-order valence-corrected chi connectivity index (χ1v) is 10.2. The van der Waals surface area contributed by atoms with Crippen LogP contribution in [0.15, 0.2) is 69.6 Å². The summed E-state index contributed by atoms with van der Waals surface area (Å²) < 4.78 is 21.3. The molecule has 3 aromatic rings. The van der Waals surface area contributed by atoms with E-state index in [0.717, 1.165) is 10.0 Å². The van der Waals surface area contributed by atoms with E-state index in [9.17, 15) is 9.65 Å². The zero-order valence-corrected chi connectivity index (χ0v) is 18.4. The number of hydrogen-bond donors (Lipinski definition) is 0. The van der Waals surface area contributed by atoms with Crippen LogP contribution in [0.2, 0.25) is 5.02 Å². The van der Waals surface area contributed by atoms with Crippen LogP contribution in [0.5, 0.6) is 5.75 Å². The number of hydrogen-bond acceptors (Lipinski definition) is 2. The number of nitriles is 1. The van der Waals surface area contributed by atoms with Gasteiger partial charge in [-0.15, -0.1) is 0 Å². The normalized spacial score (nSPS) is 11.2. The Hall–Kier alpha value is -2.13. The number of ether oxygens (including phenoxy) is 1.